The van der Waals surface area contributed by atoms with Crippen LogP contribution in [0.25, 0.3) is 0 Å². The highest BCUT2D eigenvalue weighted by Crippen LogP contribution is 2.44. The third kappa shape index (κ3) is 2.44. The highest BCUT2D eigenvalue weighted by molar-refractivity contribution is 4.90. The monoisotopic (exact) mass is 159 g/mol. The lowest BCUT2D eigenvalue weighted by Gasteiger charge is -2.26. The molecular formula is C9H18FN. The topological polar surface area (TPSA) is 26.0 Å². The Balaban J connectivity index is 2.44. The summed E-state index contributed by atoms with van der Waals surface area (Å²) in [6.07, 6.45) is 3.25. The zero-order chi connectivity index (χ0) is 8.48. The molecule has 0 bridgehead atoms. The Kier molecular flexibility index (Phi) is 2.53. The van der Waals surface area contributed by atoms with E-state index in [0.717, 1.165) is 6.42 Å². The van der Waals surface area contributed by atoms with Gasteiger partial charge >= 0.3 is 0 Å². The molecular weight excluding hydrogens is 141 g/mol. The minimum atomic E-state index is -1.03. The summed E-state index contributed by atoms with van der Waals surface area (Å²) in [4.78, 5) is 0. The number of hydrogen-bond acceptors (Lipinski definition) is 1. The number of alkyl halides is 1. The Hall–Kier alpha value is -0.110. The van der Waals surface area contributed by atoms with E-state index in [1.165, 1.54) is 12.8 Å². The minimum absolute atomic E-state index is 0.201. The predicted molar refractivity (Wildman–Crippen MR) is 45.1 cm³/mol. The van der Waals surface area contributed by atoms with Crippen LogP contribution in [-0.4, -0.2) is 12.2 Å². The molecule has 1 nitrogen and oxygen atoms in total. The first-order valence-electron chi connectivity index (χ1n) is 4.44. The summed E-state index contributed by atoms with van der Waals surface area (Å²) in [7, 11) is 0. The highest BCUT2D eigenvalue weighted by atomic mass is 19.1. The van der Waals surface area contributed by atoms with E-state index in [4.69, 9.17) is 5.73 Å². The van der Waals surface area contributed by atoms with Crippen molar-refractivity contribution in [2.75, 3.05) is 6.54 Å². The van der Waals surface area contributed by atoms with Gasteiger partial charge in [-0.05, 0) is 51.5 Å². The number of rotatable bonds is 4. The first-order chi connectivity index (χ1) is 5.05. The summed E-state index contributed by atoms with van der Waals surface area (Å²) in [5.41, 5.74) is 4.40. The summed E-state index contributed by atoms with van der Waals surface area (Å²) in [5, 5.41) is 0. The van der Waals surface area contributed by atoms with Crippen molar-refractivity contribution in [2.45, 2.75) is 38.8 Å². The van der Waals surface area contributed by atoms with Crippen LogP contribution in [0.4, 0.5) is 4.39 Å². The summed E-state index contributed by atoms with van der Waals surface area (Å²) >= 11 is 0. The Morgan fingerprint density at radius 1 is 1.55 bits per heavy atom. The molecule has 0 heterocycles. The Bertz CT molecular complexity index is 124. The predicted octanol–water partition coefficient (Wildman–Crippen LogP) is 2.11. The lowest BCUT2D eigenvalue weighted by molar-refractivity contribution is 0.103. The van der Waals surface area contributed by atoms with Crippen LogP contribution >= 0.6 is 0 Å². The zero-order valence-corrected chi connectivity index (χ0v) is 7.44. The van der Waals surface area contributed by atoms with E-state index in [9.17, 15) is 4.39 Å². The van der Waals surface area contributed by atoms with Crippen molar-refractivity contribution in [1.29, 1.82) is 0 Å². The Labute approximate surface area is 68.2 Å². The van der Waals surface area contributed by atoms with Gasteiger partial charge in [0.25, 0.3) is 0 Å². The number of hydrogen-bond donors (Lipinski definition) is 1. The van der Waals surface area contributed by atoms with Crippen LogP contribution < -0.4 is 5.73 Å². The van der Waals surface area contributed by atoms with Crippen molar-refractivity contribution in [2.24, 2.45) is 17.6 Å². The summed E-state index contributed by atoms with van der Waals surface area (Å²) in [5.74, 6) is 0.825. The largest absolute Gasteiger partial charge is 0.330 e. The lowest BCUT2D eigenvalue weighted by Crippen LogP contribution is -2.29. The van der Waals surface area contributed by atoms with Gasteiger partial charge in [0.2, 0.25) is 0 Å². The molecule has 0 saturated heterocycles. The molecule has 0 aliphatic heterocycles. The number of halogens is 1. The molecule has 0 aromatic carbocycles. The molecule has 1 rings (SSSR count). The molecule has 1 aliphatic rings. The van der Waals surface area contributed by atoms with E-state index in [-0.39, 0.29) is 5.92 Å². The molecule has 1 unspecified atom stereocenters. The second kappa shape index (κ2) is 3.10. The van der Waals surface area contributed by atoms with E-state index < -0.39 is 5.67 Å². The third-order valence-electron chi connectivity index (χ3n) is 2.55. The summed E-state index contributed by atoms with van der Waals surface area (Å²) in [6, 6.07) is 0. The molecule has 1 saturated carbocycles. The summed E-state index contributed by atoms with van der Waals surface area (Å²) < 4.78 is 13.5. The fraction of sp³-hybridized carbons (Fsp3) is 1.00. The quantitative estimate of drug-likeness (QED) is 0.668. The van der Waals surface area contributed by atoms with E-state index in [0.29, 0.717) is 12.5 Å². The van der Waals surface area contributed by atoms with Crippen LogP contribution in [0, 0.1) is 11.8 Å². The SMILES string of the molecule is CC(C)(F)C(CCN)C1CC1. The van der Waals surface area contributed by atoms with Gasteiger partial charge in [-0.1, -0.05) is 0 Å². The van der Waals surface area contributed by atoms with E-state index >= 15 is 0 Å². The van der Waals surface area contributed by atoms with Crippen LogP contribution in [0.2, 0.25) is 0 Å². The maximum absolute atomic E-state index is 13.5. The van der Waals surface area contributed by atoms with Crippen molar-refractivity contribution >= 4 is 0 Å². The van der Waals surface area contributed by atoms with Crippen LogP contribution in [0.1, 0.15) is 33.1 Å². The zero-order valence-electron chi connectivity index (χ0n) is 7.44. The molecule has 0 aromatic heterocycles. The van der Waals surface area contributed by atoms with Crippen molar-refractivity contribution in [1.82, 2.24) is 0 Å². The molecule has 11 heavy (non-hydrogen) atoms. The average molecular weight is 159 g/mol. The highest BCUT2D eigenvalue weighted by Gasteiger charge is 2.40. The molecule has 0 radical (unpaired) electrons. The van der Waals surface area contributed by atoms with E-state index in [1.807, 2.05) is 0 Å². The van der Waals surface area contributed by atoms with E-state index in [2.05, 4.69) is 0 Å². The van der Waals surface area contributed by atoms with Crippen LogP contribution in [0.5, 0.6) is 0 Å². The van der Waals surface area contributed by atoms with Gasteiger partial charge in [-0.25, -0.2) is 4.39 Å². The fourth-order valence-corrected chi connectivity index (χ4v) is 1.82. The molecule has 2 N–H and O–H groups in total. The van der Waals surface area contributed by atoms with Gasteiger partial charge in [0.05, 0.1) is 0 Å². The van der Waals surface area contributed by atoms with Crippen LogP contribution in [0.3, 0.4) is 0 Å². The smallest absolute Gasteiger partial charge is 0.108 e. The maximum Gasteiger partial charge on any atom is 0.108 e. The molecule has 66 valence electrons. The van der Waals surface area contributed by atoms with Gasteiger partial charge in [-0.15, -0.1) is 0 Å². The lowest BCUT2D eigenvalue weighted by atomic mass is 9.85. The molecule has 0 amide bonds. The number of nitrogens with two attached hydrogens (primary N) is 1. The first-order valence-corrected chi connectivity index (χ1v) is 4.44. The van der Waals surface area contributed by atoms with Gasteiger partial charge in [0.1, 0.15) is 5.67 Å². The van der Waals surface area contributed by atoms with Crippen molar-refractivity contribution in [3.05, 3.63) is 0 Å². The third-order valence-corrected chi connectivity index (χ3v) is 2.55. The first kappa shape index (κ1) is 8.98. The van der Waals surface area contributed by atoms with Gasteiger partial charge in [-0.3, -0.25) is 0 Å². The summed E-state index contributed by atoms with van der Waals surface area (Å²) in [6.45, 7) is 3.96. The standard InChI is InChI=1S/C9H18FN/c1-9(2,10)8(5-6-11)7-3-4-7/h7-8H,3-6,11H2,1-2H3. The minimum Gasteiger partial charge on any atom is -0.330 e. The van der Waals surface area contributed by atoms with E-state index in [1.54, 1.807) is 13.8 Å². The molecule has 1 fully saturated rings. The van der Waals surface area contributed by atoms with Gasteiger partial charge in [0.15, 0.2) is 0 Å². The van der Waals surface area contributed by atoms with Gasteiger partial charge < -0.3 is 5.73 Å². The second-order valence-corrected chi connectivity index (χ2v) is 4.09. The maximum atomic E-state index is 13.5. The normalized spacial score (nSPS) is 21.8. The average Bonchev–Trinajstić information content (AvgIpc) is 2.61. The molecule has 2 heteroatoms. The fourth-order valence-electron chi connectivity index (χ4n) is 1.82. The molecule has 0 spiro atoms. The van der Waals surface area contributed by atoms with Crippen molar-refractivity contribution in [3.63, 3.8) is 0 Å². The second-order valence-electron chi connectivity index (χ2n) is 4.09. The van der Waals surface area contributed by atoms with Gasteiger partial charge in [-0.2, -0.15) is 0 Å². The molecule has 1 atom stereocenters. The van der Waals surface area contributed by atoms with Gasteiger partial charge in [0, 0.05) is 0 Å². The molecule has 0 aromatic rings. The van der Waals surface area contributed by atoms with Crippen LogP contribution in [0.15, 0.2) is 0 Å². The molecule has 1 aliphatic carbocycles. The Morgan fingerprint density at radius 3 is 2.36 bits per heavy atom. The Morgan fingerprint density at radius 2 is 2.09 bits per heavy atom. The van der Waals surface area contributed by atoms with Crippen molar-refractivity contribution in [3.8, 4) is 0 Å². The van der Waals surface area contributed by atoms with Crippen molar-refractivity contribution < 1.29 is 4.39 Å². The van der Waals surface area contributed by atoms with Crippen LogP contribution in [-0.2, 0) is 0 Å².